The largest absolute Gasteiger partial charge is 0.326 e. The van der Waals surface area contributed by atoms with Crippen molar-refractivity contribution in [3.05, 3.63) is 65.4 Å². The van der Waals surface area contributed by atoms with Crippen molar-refractivity contribution in [2.24, 2.45) is 5.92 Å². The number of amides is 1. The molecule has 2 heterocycles. The predicted molar refractivity (Wildman–Crippen MR) is 107 cm³/mol. The molecule has 1 amide bonds. The van der Waals surface area contributed by atoms with Gasteiger partial charge in [0.05, 0.1) is 5.69 Å². The van der Waals surface area contributed by atoms with Crippen molar-refractivity contribution in [2.45, 2.75) is 33.1 Å². The Labute approximate surface area is 158 Å². The Bertz CT molecular complexity index is 858. The number of carbonyl (C=O) groups is 1. The van der Waals surface area contributed by atoms with Crippen LogP contribution in [-0.2, 0) is 17.6 Å². The van der Waals surface area contributed by atoms with E-state index in [1.165, 1.54) is 5.56 Å². The lowest BCUT2D eigenvalue weighted by molar-refractivity contribution is -0.116. The quantitative estimate of drug-likeness (QED) is 0.643. The molecule has 0 aliphatic carbocycles. The van der Waals surface area contributed by atoms with Crippen molar-refractivity contribution >= 4 is 22.9 Å². The summed E-state index contributed by atoms with van der Waals surface area (Å²) >= 11 is 1.60. The van der Waals surface area contributed by atoms with Gasteiger partial charge in [-0.2, -0.15) is 0 Å². The minimum absolute atomic E-state index is 0.0187. The molecule has 1 N–H and O–H groups in total. The Morgan fingerprint density at radius 3 is 2.77 bits per heavy atom. The first-order valence-corrected chi connectivity index (χ1v) is 9.71. The van der Waals surface area contributed by atoms with Gasteiger partial charge in [-0.1, -0.05) is 26.0 Å². The molecule has 0 spiro atoms. The Balaban J connectivity index is 1.54. The van der Waals surface area contributed by atoms with Gasteiger partial charge in [-0.25, -0.2) is 4.98 Å². The third-order valence-electron chi connectivity index (χ3n) is 3.94. The summed E-state index contributed by atoms with van der Waals surface area (Å²) < 4.78 is 0. The molecule has 3 aromatic rings. The molecule has 5 heteroatoms. The van der Waals surface area contributed by atoms with Gasteiger partial charge in [0.25, 0.3) is 0 Å². The third kappa shape index (κ3) is 5.23. The molecule has 2 aromatic heterocycles. The topological polar surface area (TPSA) is 54.9 Å². The molecule has 0 bridgehead atoms. The number of aromatic nitrogens is 2. The van der Waals surface area contributed by atoms with Crippen molar-refractivity contribution in [3.63, 3.8) is 0 Å². The highest BCUT2D eigenvalue weighted by atomic mass is 32.1. The summed E-state index contributed by atoms with van der Waals surface area (Å²) in [5.41, 5.74) is 4.12. The van der Waals surface area contributed by atoms with Gasteiger partial charge in [0, 0.05) is 35.4 Å². The van der Waals surface area contributed by atoms with E-state index in [-0.39, 0.29) is 5.91 Å². The molecule has 0 atom stereocenters. The number of thiazole rings is 1. The zero-order valence-corrected chi connectivity index (χ0v) is 15.9. The highest BCUT2D eigenvalue weighted by Gasteiger charge is 2.08. The Kier molecular flexibility index (Phi) is 6.12. The van der Waals surface area contributed by atoms with Gasteiger partial charge >= 0.3 is 0 Å². The first kappa shape index (κ1) is 18.3. The number of nitrogens with one attached hydrogen (secondary N) is 1. The molecule has 4 nitrogen and oxygen atoms in total. The van der Waals surface area contributed by atoms with Crippen molar-refractivity contribution in [1.82, 2.24) is 9.97 Å². The summed E-state index contributed by atoms with van der Waals surface area (Å²) in [4.78, 5) is 20.9. The molecule has 26 heavy (non-hydrogen) atoms. The fraction of sp³-hybridized carbons (Fsp3) is 0.286. The van der Waals surface area contributed by atoms with Gasteiger partial charge in [0.1, 0.15) is 5.01 Å². The van der Waals surface area contributed by atoms with E-state index in [9.17, 15) is 4.79 Å². The Hall–Kier alpha value is -2.53. The maximum atomic E-state index is 12.3. The van der Waals surface area contributed by atoms with Crippen molar-refractivity contribution in [3.8, 4) is 10.6 Å². The zero-order valence-electron chi connectivity index (χ0n) is 15.1. The van der Waals surface area contributed by atoms with E-state index < -0.39 is 0 Å². The molecule has 3 rings (SSSR count). The molecule has 0 aliphatic rings. The van der Waals surface area contributed by atoms with Crippen LogP contribution in [0.1, 0.15) is 31.5 Å². The second kappa shape index (κ2) is 8.72. The van der Waals surface area contributed by atoms with E-state index in [1.807, 2.05) is 29.6 Å². The van der Waals surface area contributed by atoms with Crippen LogP contribution in [0.15, 0.2) is 54.2 Å². The van der Waals surface area contributed by atoms with Crippen LogP contribution in [0.5, 0.6) is 0 Å². The summed E-state index contributed by atoms with van der Waals surface area (Å²) in [5.74, 6) is 0.616. The van der Waals surface area contributed by atoms with Gasteiger partial charge in [0.15, 0.2) is 0 Å². The number of nitrogens with zero attached hydrogens (tertiary/aromatic N) is 2. The zero-order chi connectivity index (χ0) is 18.4. The first-order valence-electron chi connectivity index (χ1n) is 8.84. The predicted octanol–water partition coefficient (Wildman–Crippen LogP) is 4.97. The molecular formula is C21H23N3OS. The van der Waals surface area contributed by atoms with Crippen LogP contribution in [0.2, 0.25) is 0 Å². The third-order valence-corrected chi connectivity index (χ3v) is 4.88. The molecular weight excluding hydrogens is 342 g/mol. The monoisotopic (exact) mass is 365 g/mol. The molecule has 0 fully saturated rings. The van der Waals surface area contributed by atoms with E-state index in [0.29, 0.717) is 18.8 Å². The van der Waals surface area contributed by atoms with Gasteiger partial charge in [-0.05, 0) is 48.6 Å². The maximum Gasteiger partial charge on any atom is 0.224 e. The average Bonchev–Trinajstić information content (AvgIpc) is 3.09. The number of hydrogen-bond acceptors (Lipinski definition) is 4. The van der Waals surface area contributed by atoms with Crippen molar-refractivity contribution < 1.29 is 4.79 Å². The smallest absolute Gasteiger partial charge is 0.224 e. The number of anilines is 1. The molecule has 0 unspecified atom stereocenters. The van der Waals surface area contributed by atoms with E-state index in [2.05, 4.69) is 41.3 Å². The fourth-order valence-corrected chi connectivity index (χ4v) is 3.62. The number of hydrogen-bond donors (Lipinski definition) is 1. The SMILES string of the molecule is CC(C)Cc1cccc(NC(=O)CCc2csc(-c3ccncc3)n2)c1. The fourth-order valence-electron chi connectivity index (χ4n) is 2.76. The second-order valence-electron chi connectivity index (χ2n) is 6.73. The van der Waals surface area contributed by atoms with Crippen LogP contribution in [0.25, 0.3) is 10.6 Å². The number of rotatable bonds is 7. The molecule has 0 saturated carbocycles. The van der Waals surface area contributed by atoms with Crippen molar-refractivity contribution in [2.75, 3.05) is 5.32 Å². The highest BCUT2D eigenvalue weighted by molar-refractivity contribution is 7.13. The molecule has 134 valence electrons. The van der Waals surface area contributed by atoms with Gasteiger partial charge in [-0.3, -0.25) is 9.78 Å². The van der Waals surface area contributed by atoms with E-state index in [4.69, 9.17) is 0 Å². The van der Waals surface area contributed by atoms with Crippen LogP contribution < -0.4 is 5.32 Å². The van der Waals surface area contributed by atoms with Crippen LogP contribution in [0.4, 0.5) is 5.69 Å². The standard InChI is InChI=1S/C21H23N3OS/c1-15(2)12-16-4-3-5-18(13-16)23-20(25)7-6-19-14-26-21(24-19)17-8-10-22-11-9-17/h3-5,8-11,13-15H,6-7,12H2,1-2H3,(H,23,25). The maximum absolute atomic E-state index is 12.3. The Morgan fingerprint density at radius 1 is 1.19 bits per heavy atom. The lowest BCUT2D eigenvalue weighted by Crippen LogP contribution is -2.12. The molecule has 0 aliphatic heterocycles. The summed E-state index contributed by atoms with van der Waals surface area (Å²) in [6, 6.07) is 12.0. The minimum Gasteiger partial charge on any atom is -0.326 e. The molecule has 0 radical (unpaired) electrons. The van der Waals surface area contributed by atoms with Crippen molar-refractivity contribution in [1.29, 1.82) is 0 Å². The highest BCUT2D eigenvalue weighted by Crippen LogP contribution is 2.23. The lowest BCUT2D eigenvalue weighted by atomic mass is 10.0. The number of pyridine rings is 1. The van der Waals surface area contributed by atoms with E-state index in [0.717, 1.165) is 28.4 Å². The second-order valence-corrected chi connectivity index (χ2v) is 7.58. The summed E-state index contributed by atoms with van der Waals surface area (Å²) in [6.07, 6.45) is 5.60. The first-order chi connectivity index (χ1) is 12.6. The number of benzene rings is 1. The Morgan fingerprint density at radius 2 is 2.00 bits per heavy atom. The summed E-state index contributed by atoms with van der Waals surface area (Å²) in [5, 5.41) is 5.98. The average molecular weight is 366 g/mol. The van der Waals surface area contributed by atoms with Crippen LogP contribution in [0, 0.1) is 5.92 Å². The van der Waals surface area contributed by atoms with Crippen LogP contribution in [-0.4, -0.2) is 15.9 Å². The van der Waals surface area contributed by atoms with E-state index in [1.54, 1.807) is 23.7 Å². The van der Waals surface area contributed by atoms with Gasteiger partial charge < -0.3 is 5.32 Å². The summed E-state index contributed by atoms with van der Waals surface area (Å²) in [7, 11) is 0. The minimum atomic E-state index is 0.0187. The number of carbonyl (C=O) groups excluding carboxylic acids is 1. The molecule has 0 saturated heterocycles. The number of aryl methyl sites for hydroxylation is 1. The van der Waals surface area contributed by atoms with Crippen LogP contribution >= 0.6 is 11.3 Å². The molecule has 1 aromatic carbocycles. The van der Waals surface area contributed by atoms with E-state index >= 15 is 0 Å². The summed E-state index contributed by atoms with van der Waals surface area (Å²) in [6.45, 7) is 4.39. The normalized spacial score (nSPS) is 10.9. The van der Waals surface area contributed by atoms with Crippen LogP contribution in [0.3, 0.4) is 0 Å². The lowest BCUT2D eigenvalue weighted by Gasteiger charge is -2.09. The van der Waals surface area contributed by atoms with Gasteiger partial charge in [-0.15, -0.1) is 11.3 Å². The van der Waals surface area contributed by atoms with Gasteiger partial charge in [0.2, 0.25) is 5.91 Å².